The molecule has 1 unspecified atom stereocenters. The summed E-state index contributed by atoms with van der Waals surface area (Å²) in [6.45, 7) is 7.67. The van der Waals surface area contributed by atoms with Gasteiger partial charge in [-0.2, -0.15) is 10.2 Å². The molecule has 0 saturated carbocycles. The van der Waals surface area contributed by atoms with Gasteiger partial charge in [-0.15, -0.1) is 11.3 Å². The van der Waals surface area contributed by atoms with E-state index in [4.69, 9.17) is 5.26 Å². The number of thiophene rings is 1. The molecule has 1 atom stereocenters. The molecule has 0 aliphatic rings. The van der Waals surface area contributed by atoms with Crippen molar-refractivity contribution in [3.63, 3.8) is 0 Å². The second-order valence-electron chi connectivity index (χ2n) is 4.97. The number of nitrogens with one attached hydrogen (secondary N) is 1. The normalized spacial score (nSPS) is 12.1. The molecular formula is C15H21N5S. The molecule has 0 aliphatic heterocycles. The third-order valence-corrected chi connectivity index (χ3v) is 4.56. The lowest BCUT2D eigenvalue weighted by atomic mass is 10.2. The Morgan fingerprint density at radius 3 is 2.76 bits per heavy atom. The van der Waals surface area contributed by atoms with Crippen molar-refractivity contribution in [2.45, 2.75) is 27.2 Å². The first-order valence-electron chi connectivity index (χ1n) is 7.25. The minimum absolute atomic E-state index is 0.0303. The first-order valence-corrected chi connectivity index (χ1v) is 8.07. The lowest BCUT2D eigenvalue weighted by Crippen LogP contribution is -2.29. The van der Waals surface area contributed by atoms with Crippen molar-refractivity contribution in [2.24, 2.45) is 5.92 Å². The Hall–Kier alpha value is -1.87. The monoisotopic (exact) mass is 303 g/mol. The van der Waals surface area contributed by atoms with Gasteiger partial charge in [0.1, 0.15) is 10.6 Å². The number of aryl methyl sites for hydroxylation is 1. The van der Waals surface area contributed by atoms with Crippen LogP contribution in [0.5, 0.6) is 0 Å². The number of rotatable bonds is 6. The van der Waals surface area contributed by atoms with Crippen LogP contribution in [-0.2, 0) is 6.42 Å². The largest absolute Gasteiger partial charge is 0.357 e. The molecule has 2 heterocycles. The molecule has 6 heteroatoms. The van der Waals surface area contributed by atoms with E-state index in [1.54, 1.807) is 11.3 Å². The summed E-state index contributed by atoms with van der Waals surface area (Å²) in [5.41, 5.74) is 0. The summed E-state index contributed by atoms with van der Waals surface area (Å²) in [5.74, 6) is 1.52. The Labute approximate surface area is 129 Å². The quantitative estimate of drug-likeness (QED) is 0.887. The highest BCUT2D eigenvalue weighted by Crippen LogP contribution is 2.32. The van der Waals surface area contributed by atoms with E-state index < -0.39 is 0 Å². The van der Waals surface area contributed by atoms with Gasteiger partial charge in [-0.25, -0.2) is 4.98 Å². The van der Waals surface area contributed by atoms with Crippen LogP contribution in [0.4, 0.5) is 11.8 Å². The standard InChI is InChI=1S/C15H21N5S/c1-5-11-7-12-13(20(6-2)9-10(3)8-16)18-15(17-4)19-14(12)21-11/h7,10H,5-6,9H2,1-4H3,(H,17,18,19). The Balaban J connectivity index is 2.53. The molecule has 0 spiro atoms. The van der Waals surface area contributed by atoms with Crippen LogP contribution in [0.3, 0.4) is 0 Å². The Morgan fingerprint density at radius 1 is 1.43 bits per heavy atom. The van der Waals surface area contributed by atoms with E-state index in [1.807, 2.05) is 14.0 Å². The third-order valence-electron chi connectivity index (χ3n) is 3.39. The van der Waals surface area contributed by atoms with Crippen LogP contribution >= 0.6 is 11.3 Å². The highest BCUT2D eigenvalue weighted by atomic mass is 32.1. The SMILES string of the molecule is CCc1cc2c(N(CC)CC(C)C#N)nc(NC)nc2s1. The fourth-order valence-corrected chi connectivity index (χ4v) is 3.18. The maximum Gasteiger partial charge on any atom is 0.225 e. The van der Waals surface area contributed by atoms with E-state index in [1.165, 1.54) is 4.88 Å². The number of hydrogen-bond acceptors (Lipinski definition) is 6. The average Bonchev–Trinajstić information content (AvgIpc) is 2.94. The molecule has 0 radical (unpaired) electrons. The van der Waals surface area contributed by atoms with Gasteiger partial charge < -0.3 is 10.2 Å². The predicted octanol–water partition coefficient (Wildman–Crippen LogP) is 3.28. The Bertz CT molecular complexity index is 658. The van der Waals surface area contributed by atoms with Gasteiger partial charge in [0.25, 0.3) is 0 Å². The van der Waals surface area contributed by atoms with Gasteiger partial charge in [-0.3, -0.25) is 0 Å². The van der Waals surface area contributed by atoms with Gasteiger partial charge in [0, 0.05) is 25.0 Å². The zero-order chi connectivity index (χ0) is 15.4. The van der Waals surface area contributed by atoms with Crippen LogP contribution in [0.15, 0.2) is 6.07 Å². The van der Waals surface area contributed by atoms with Gasteiger partial charge >= 0.3 is 0 Å². The highest BCUT2D eigenvalue weighted by molar-refractivity contribution is 7.18. The van der Waals surface area contributed by atoms with Gasteiger partial charge in [-0.1, -0.05) is 6.92 Å². The summed E-state index contributed by atoms with van der Waals surface area (Å²) >= 11 is 1.71. The maximum absolute atomic E-state index is 9.06. The van der Waals surface area contributed by atoms with E-state index in [0.717, 1.165) is 29.0 Å². The molecule has 0 bridgehead atoms. The van der Waals surface area contributed by atoms with Crippen LogP contribution in [-0.4, -0.2) is 30.1 Å². The Kier molecular flexibility index (Phi) is 4.97. The number of nitrogens with zero attached hydrogens (tertiary/aromatic N) is 4. The molecule has 21 heavy (non-hydrogen) atoms. The van der Waals surface area contributed by atoms with Crippen molar-refractivity contribution in [2.75, 3.05) is 30.4 Å². The molecule has 0 amide bonds. The van der Waals surface area contributed by atoms with E-state index in [2.05, 4.69) is 46.2 Å². The van der Waals surface area contributed by atoms with Crippen LogP contribution in [0.2, 0.25) is 0 Å². The summed E-state index contributed by atoms with van der Waals surface area (Å²) in [6, 6.07) is 4.47. The summed E-state index contributed by atoms with van der Waals surface area (Å²) in [4.78, 5) is 13.6. The van der Waals surface area contributed by atoms with Crippen LogP contribution < -0.4 is 10.2 Å². The topological polar surface area (TPSA) is 64.8 Å². The number of hydrogen-bond donors (Lipinski definition) is 1. The number of nitriles is 1. The van der Waals surface area contributed by atoms with Crippen molar-refractivity contribution >= 4 is 33.3 Å². The predicted molar refractivity (Wildman–Crippen MR) is 89.0 cm³/mol. The number of aromatic nitrogens is 2. The molecule has 1 N–H and O–H groups in total. The molecule has 112 valence electrons. The summed E-state index contributed by atoms with van der Waals surface area (Å²) < 4.78 is 0. The van der Waals surface area contributed by atoms with Crippen molar-refractivity contribution in [3.8, 4) is 6.07 Å². The zero-order valence-corrected chi connectivity index (χ0v) is 13.8. The van der Waals surface area contributed by atoms with Gasteiger partial charge in [0.15, 0.2) is 0 Å². The first-order chi connectivity index (χ1) is 10.1. The molecule has 0 aromatic carbocycles. The van der Waals surface area contributed by atoms with Crippen LogP contribution in [0.1, 0.15) is 25.6 Å². The summed E-state index contributed by atoms with van der Waals surface area (Å²) in [5, 5.41) is 13.2. The molecule has 0 fully saturated rings. The van der Waals surface area contributed by atoms with Crippen molar-refractivity contribution in [3.05, 3.63) is 10.9 Å². The Morgan fingerprint density at radius 2 is 2.19 bits per heavy atom. The van der Waals surface area contributed by atoms with E-state index >= 15 is 0 Å². The smallest absolute Gasteiger partial charge is 0.225 e. The van der Waals surface area contributed by atoms with Crippen LogP contribution in [0, 0.1) is 17.2 Å². The second kappa shape index (κ2) is 6.72. The second-order valence-corrected chi connectivity index (χ2v) is 6.09. The minimum atomic E-state index is -0.0303. The lowest BCUT2D eigenvalue weighted by Gasteiger charge is -2.24. The van der Waals surface area contributed by atoms with Gasteiger partial charge in [0.2, 0.25) is 5.95 Å². The fraction of sp³-hybridized carbons (Fsp3) is 0.533. The van der Waals surface area contributed by atoms with Crippen LogP contribution in [0.25, 0.3) is 10.2 Å². The minimum Gasteiger partial charge on any atom is -0.357 e. The molecule has 2 aromatic heterocycles. The van der Waals surface area contributed by atoms with E-state index in [0.29, 0.717) is 12.5 Å². The summed E-state index contributed by atoms with van der Waals surface area (Å²) in [7, 11) is 1.83. The van der Waals surface area contributed by atoms with Crippen molar-refractivity contribution in [1.82, 2.24) is 9.97 Å². The first kappa shape index (κ1) is 15.5. The average molecular weight is 303 g/mol. The summed E-state index contributed by atoms with van der Waals surface area (Å²) in [6.07, 6.45) is 0.996. The third kappa shape index (κ3) is 3.24. The highest BCUT2D eigenvalue weighted by Gasteiger charge is 2.17. The van der Waals surface area contributed by atoms with Crippen molar-refractivity contribution in [1.29, 1.82) is 5.26 Å². The van der Waals surface area contributed by atoms with Gasteiger partial charge in [-0.05, 0) is 26.3 Å². The zero-order valence-electron chi connectivity index (χ0n) is 13.0. The van der Waals surface area contributed by atoms with Crippen molar-refractivity contribution < 1.29 is 0 Å². The maximum atomic E-state index is 9.06. The molecule has 5 nitrogen and oxygen atoms in total. The molecule has 2 aromatic rings. The lowest BCUT2D eigenvalue weighted by molar-refractivity contribution is 0.681. The van der Waals surface area contributed by atoms with E-state index in [-0.39, 0.29) is 5.92 Å². The van der Waals surface area contributed by atoms with E-state index in [9.17, 15) is 0 Å². The number of anilines is 2. The molecule has 0 saturated heterocycles. The molecule has 0 aliphatic carbocycles. The molecule has 2 rings (SSSR count). The number of fused-ring (bicyclic) bond motifs is 1. The van der Waals surface area contributed by atoms with Gasteiger partial charge in [0.05, 0.1) is 17.4 Å². The molecular weight excluding hydrogens is 282 g/mol. The fourth-order valence-electron chi connectivity index (χ4n) is 2.22.